The molecule has 0 aliphatic heterocycles. The van der Waals surface area contributed by atoms with Crippen molar-refractivity contribution in [1.29, 1.82) is 0 Å². The number of aliphatic hydroxyl groups is 2. The third-order valence-corrected chi connectivity index (χ3v) is 3.99. The SMILES string of the molecule is [B]C1=C(c2ccc(-c3ccc(N)c(N)c3)cc2)C(=O)C(O)=C(O)C1=O. The molecule has 0 aromatic heterocycles. The van der Waals surface area contributed by atoms with Crippen molar-refractivity contribution in [2.24, 2.45) is 0 Å². The molecule has 0 saturated carbocycles. The molecule has 2 aromatic rings. The Morgan fingerprint density at radius 3 is 1.84 bits per heavy atom. The lowest BCUT2D eigenvalue weighted by atomic mass is 9.77. The zero-order valence-electron chi connectivity index (χ0n) is 13.0. The van der Waals surface area contributed by atoms with E-state index in [1.54, 1.807) is 42.5 Å². The molecule has 2 aromatic carbocycles. The number of nitrogen functional groups attached to an aromatic ring is 2. The van der Waals surface area contributed by atoms with E-state index in [1.807, 2.05) is 0 Å². The van der Waals surface area contributed by atoms with Crippen LogP contribution in [0.3, 0.4) is 0 Å². The minimum Gasteiger partial charge on any atom is -0.501 e. The zero-order chi connectivity index (χ0) is 18.3. The van der Waals surface area contributed by atoms with E-state index in [1.165, 1.54) is 0 Å². The van der Waals surface area contributed by atoms with Crippen molar-refractivity contribution < 1.29 is 19.8 Å². The molecule has 0 fully saturated rings. The molecule has 0 atom stereocenters. The summed E-state index contributed by atoms with van der Waals surface area (Å²) < 4.78 is 0. The van der Waals surface area contributed by atoms with Crippen molar-refractivity contribution in [3.63, 3.8) is 0 Å². The van der Waals surface area contributed by atoms with Gasteiger partial charge in [0.25, 0.3) is 0 Å². The number of rotatable bonds is 2. The highest BCUT2D eigenvalue weighted by atomic mass is 16.3. The van der Waals surface area contributed by atoms with Crippen molar-refractivity contribution in [3.05, 3.63) is 65.0 Å². The Morgan fingerprint density at radius 2 is 1.24 bits per heavy atom. The van der Waals surface area contributed by atoms with Gasteiger partial charge in [-0.3, -0.25) is 9.59 Å². The second-order valence-corrected chi connectivity index (χ2v) is 5.57. The number of allylic oxidation sites excluding steroid dienone is 2. The van der Waals surface area contributed by atoms with Crippen LogP contribution in [-0.4, -0.2) is 29.6 Å². The Kier molecular flexibility index (Phi) is 3.84. The quantitative estimate of drug-likeness (QED) is 0.378. The lowest BCUT2D eigenvalue weighted by Crippen LogP contribution is -2.23. The normalized spacial score (nSPS) is 15.0. The van der Waals surface area contributed by atoms with Crippen LogP contribution in [-0.2, 0) is 9.59 Å². The average molecular weight is 332 g/mol. The van der Waals surface area contributed by atoms with E-state index in [0.717, 1.165) is 11.1 Å². The number of Topliss-reactive ketones (excluding diaryl/α,β-unsaturated/α-hetero) is 2. The first-order chi connectivity index (χ1) is 11.8. The molecule has 0 heterocycles. The van der Waals surface area contributed by atoms with Crippen LogP contribution in [0.4, 0.5) is 11.4 Å². The van der Waals surface area contributed by atoms with Crippen LogP contribution in [0.25, 0.3) is 16.7 Å². The predicted molar refractivity (Wildman–Crippen MR) is 95.7 cm³/mol. The highest BCUT2D eigenvalue weighted by molar-refractivity contribution is 6.52. The van der Waals surface area contributed by atoms with E-state index < -0.39 is 28.6 Å². The largest absolute Gasteiger partial charge is 0.501 e. The summed E-state index contributed by atoms with van der Waals surface area (Å²) in [5.41, 5.74) is 13.8. The molecule has 0 spiro atoms. The molecule has 0 saturated heterocycles. The minimum atomic E-state index is -1.04. The van der Waals surface area contributed by atoms with Crippen LogP contribution in [0.5, 0.6) is 0 Å². The van der Waals surface area contributed by atoms with Gasteiger partial charge < -0.3 is 21.7 Å². The van der Waals surface area contributed by atoms with Crippen LogP contribution in [0.15, 0.2) is 59.5 Å². The molecule has 6 N–H and O–H groups in total. The summed E-state index contributed by atoms with van der Waals surface area (Å²) in [6.07, 6.45) is 0. The summed E-state index contributed by atoms with van der Waals surface area (Å²) in [6, 6.07) is 11.8. The Bertz CT molecular complexity index is 975. The van der Waals surface area contributed by atoms with Crippen LogP contribution >= 0.6 is 0 Å². The third kappa shape index (κ3) is 2.65. The minimum absolute atomic E-state index is 0.149. The molecule has 25 heavy (non-hydrogen) atoms. The number of hydrogen-bond donors (Lipinski definition) is 4. The number of nitrogens with two attached hydrogens (primary N) is 2. The number of benzene rings is 2. The Morgan fingerprint density at radius 1 is 0.720 bits per heavy atom. The Balaban J connectivity index is 2.02. The maximum Gasteiger partial charge on any atom is 0.231 e. The maximum absolute atomic E-state index is 12.1. The highest BCUT2D eigenvalue weighted by Gasteiger charge is 2.32. The number of hydrogen-bond acceptors (Lipinski definition) is 6. The van der Waals surface area contributed by atoms with Gasteiger partial charge in [0.15, 0.2) is 0 Å². The average Bonchev–Trinajstić information content (AvgIpc) is 2.61. The molecule has 0 bridgehead atoms. The topological polar surface area (TPSA) is 127 Å². The van der Waals surface area contributed by atoms with Crippen molar-refractivity contribution in [3.8, 4) is 11.1 Å². The molecule has 0 unspecified atom stereocenters. The van der Waals surface area contributed by atoms with Gasteiger partial charge in [0.05, 0.1) is 11.4 Å². The summed E-state index contributed by atoms with van der Waals surface area (Å²) in [5, 5.41) is 19.0. The van der Waals surface area contributed by atoms with Crippen LogP contribution in [0, 0.1) is 0 Å². The van der Waals surface area contributed by atoms with Crippen LogP contribution < -0.4 is 11.5 Å². The van der Waals surface area contributed by atoms with E-state index in [4.69, 9.17) is 19.3 Å². The van der Waals surface area contributed by atoms with E-state index >= 15 is 0 Å². The lowest BCUT2D eigenvalue weighted by Gasteiger charge is -2.17. The van der Waals surface area contributed by atoms with E-state index in [9.17, 15) is 19.8 Å². The molecule has 6 nitrogen and oxygen atoms in total. The fraction of sp³-hybridized carbons (Fsp3) is 0. The molecular weight excluding hydrogens is 319 g/mol. The van der Waals surface area contributed by atoms with Gasteiger partial charge in [-0.15, -0.1) is 0 Å². The van der Waals surface area contributed by atoms with E-state index in [-0.39, 0.29) is 5.57 Å². The molecule has 2 radical (unpaired) electrons. The lowest BCUT2D eigenvalue weighted by molar-refractivity contribution is -0.118. The van der Waals surface area contributed by atoms with E-state index in [2.05, 4.69) is 0 Å². The molecule has 1 aliphatic rings. The third-order valence-electron chi connectivity index (χ3n) is 3.99. The first-order valence-corrected chi connectivity index (χ1v) is 7.28. The van der Waals surface area contributed by atoms with Gasteiger partial charge in [0.1, 0.15) is 7.85 Å². The second kappa shape index (κ2) is 5.87. The summed E-state index contributed by atoms with van der Waals surface area (Å²) in [6.45, 7) is 0. The summed E-state index contributed by atoms with van der Waals surface area (Å²) in [4.78, 5) is 23.9. The summed E-state index contributed by atoms with van der Waals surface area (Å²) >= 11 is 0. The number of ketones is 2. The molecule has 7 heteroatoms. The highest BCUT2D eigenvalue weighted by Crippen LogP contribution is 2.31. The van der Waals surface area contributed by atoms with E-state index in [0.29, 0.717) is 16.9 Å². The molecule has 0 amide bonds. The van der Waals surface area contributed by atoms with Gasteiger partial charge in [0, 0.05) is 5.57 Å². The first kappa shape index (κ1) is 16.4. The van der Waals surface area contributed by atoms with Crippen molar-refractivity contribution in [2.45, 2.75) is 0 Å². The summed E-state index contributed by atoms with van der Waals surface area (Å²) in [5.74, 6) is -3.94. The van der Waals surface area contributed by atoms with Gasteiger partial charge >= 0.3 is 0 Å². The molecular formula is C18H13BN2O4. The van der Waals surface area contributed by atoms with Gasteiger partial charge in [0.2, 0.25) is 23.1 Å². The molecule has 122 valence electrons. The second-order valence-electron chi connectivity index (χ2n) is 5.57. The Hall–Kier alpha value is -3.48. The van der Waals surface area contributed by atoms with Gasteiger partial charge in [-0.25, -0.2) is 0 Å². The summed E-state index contributed by atoms with van der Waals surface area (Å²) in [7, 11) is 5.66. The van der Waals surface area contributed by atoms with Gasteiger partial charge in [-0.1, -0.05) is 30.3 Å². The fourth-order valence-corrected chi connectivity index (χ4v) is 2.57. The molecule has 1 aliphatic carbocycles. The molecule has 3 rings (SSSR count). The first-order valence-electron chi connectivity index (χ1n) is 7.28. The zero-order valence-corrected chi connectivity index (χ0v) is 13.0. The number of carbonyl (C=O) groups is 2. The number of aliphatic hydroxyl groups excluding tert-OH is 2. The Labute approximate surface area is 144 Å². The number of carbonyl (C=O) groups excluding carboxylic acids is 2. The van der Waals surface area contributed by atoms with Crippen molar-refractivity contribution >= 4 is 36.4 Å². The predicted octanol–water partition coefficient (Wildman–Crippen LogP) is 1.88. The van der Waals surface area contributed by atoms with Crippen molar-refractivity contribution in [1.82, 2.24) is 0 Å². The van der Waals surface area contributed by atoms with Gasteiger partial charge in [-0.05, 0) is 34.3 Å². The number of anilines is 2. The standard InChI is InChI=1S/C18H13BN2O4/c19-14-13(15(22)17(24)18(25)16(14)23)9-3-1-8(2-4-9)10-5-6-11(20)12(21)7-10/h1-7,24-25H,20-21H2. The van der Waals surface area contributed by atoms with Crippen LogP contribution in [0.2, 0.25) is 0 Å². The smallest absolute Gasteiger partial charge is 0.231 e. The van der Waals surface area contributed by atoms with Gasteiger partial charge in [-0.2, -0.15) is 0 Å². The maximum atomic E-state index is 12.1. The van der Waals surface area contributed by atoms with Crippen molar-refractivity contribution in [2.75, 3.05) is 11.5 Å². The fourth-order valence-electron chi connectivity index (χ4n) is 2.57. The van der Waals surface area contributed by atoms with Crippen LogP contribution in [0.1, 0.15) is 5.56 Å². The monoisotopic (exact) mass is 332 g/mol.